The van der Waals surface area contributed by atoms with Crippen molar-refractivity contribution in [3.63, 3.8) is 0 Å². The average molecular weight is 275 g/mol. The van der Waals surface area contributed by atoms with E-state index in [1.165, 1.54) is 0 Å². The number of aliphatic hydroxyl groups excluding tert-OH is 1. The standard InChI is InChI=1S/C16H21NO3/c1-3-4-5-12-10-17(6-7-18)15-8-11(2)13(16(19)20)9-14(12)15/h8-10,18H,3-7H2,1-2H3,(H,19,20). The highest BCUT2D eigenvalue weighted by molar-refractivity contribution is 5.96. The SMILES string of the molecule is CCCCc1cn(CCO)c2cc(C)c(C(=O)O)cc12. The molecule has 0 amide bonds. The van der Waals surface area contributed by atoms with Crippen LogP contribution in [0.1, 0.15) is 41.3 Å². The van der Waals surface area contributed by atoms with Crippen molar-refractivity contribution in [3.05, 3.63) is 35.0 Å². The maximum Gasteiger partial charge on any atom is 0.335 e. The van der Waals surface area contributed by atoms with Gasteiger partial charge in [-0.25, -0.2) is 4.79 Å². The van der Waals surface area contributed by atoms with Gasteiger partial charge in [0.1, 0.15) is 0 Å². The molecule has 0 fully saturated rings. The smallest absolute Gasteiger partial charge is 0.335 e. The van der Waals surface area contributed by atoms with Crippen LogP contribution in [0.3, 0.4) is 0 Å². The third kappa shape index (κ3) is 2.70. The summed E-state index contributed by atoms with van der Waals surface area (Å²) < 4.78 is 2.01. The summed E-state index contributed by atoms with van der Waals surface area (Å²) in [5.74, 6) is -0.888. The summed E-state index contributed by atoms with van der Waals surface area (Å²) in [5.41, 5.74) is 3.28. The number of aliphatic hydroxyl groups is 1. The number of carbonyl (C=O) groups is 1. The molecule has 0 aliphatic carbocycles. The highest BCUT2D eigenvalue weighted by Gasteiger charge is 2.14. The van der Waals surface area contributed by atoms with Crippen molar-refractivity contribution in [1.82, 2.24) is 4.57 Å². The molecule has 1 aromatic carbocycles. The molecule has 0 bridgehead atoms. The Bertz CT molecular complexity index is 628. The van der Waals surface area contributed by atoms with Crippen LogP contribution in [0.2, 0.25) is 0 Å². The summed E-state index contributed by atoms with van der Waals surface area (Å²) in [6, 6.07) is 3.68. The maximum absolute atomic E-state index is 11.3. The van der Waals surface area contributed by atoms with E-state index in [0.717, 1.165) is 41.3 Å². The van der Waals surface area contributed by atoms with Crippen LogP contribution in [0.5, 0.6) is 0 Å². The van der Waals surface area contributed by atoms with Gasteiger partial charge >= 0.3 is 5.97 Å². The lowest BCUT2D eigenvalue weighted by molar-refractivity contribution is 0.0696. The summed E-state index contributed by atoms with van der Waals surface area (Å²) in [5, 5.41) is 19.4. The van der Waals surface area contributed by atoms with Crippen LogP contribution in [-0.4, -0.2) is 27.4 Å². The molecule has 0 aliphatic rings. The van der Waals surface area contributed by atoms with Crippen molar-refractivity contribution in [3.8, 4) is 0 Å². The summed E-state index contributed by atoms with van der Waals surface area (Å²) in [4.78, 5) is 11.3. The fraction of sp³-hybridized carbons (Fsp3) is 0.438. The number of nitrogens with zero attached hydrogens (tertiary/aromatic N) is 1. The number of unbranched alkanes of at least 4 members (excludes halogenated alkanes) is 1. The third-order valence-corrected chi connectivity index (χ3v) is 3.68. The number of rotatable bonds is 6. The Balaban J connectivity index is 2.60. The average Bonchev–Trinajstić information content (AvgIpc) is 2.73. The highest BCUT2D eigenvalue weighted by Crippen LogP contribution is 2.26. The number of aromatic carboxylic acids is 1. The molecule has 1 heterocycles. The summed E-state index contributed by atoms with van der Waals surface area (Å²) in [6.07, 6.45) is 5.16. The number of fused-ring (bicyclic) bond motifs is 1. The van der Waals surface area contributed by atoms with E-state index < -0.39 is 5.97 Å². The zero-order chi connectivity index (χ0) is 14.7. The van der Waals surface area contributed by atoms with Crippen LogP contribution in [0.4, 0.5) is 0 Å². The molecule has 2 N–H and O–H groups in total. The molecule has 2 aromatic rings. The molecule has 108 valence electrons. The van der Waals surface area contributed by atoms with Gasteiger partial charge in [0.05, 0.1) is 12.2 Å². The Hall–Kier alpha value is -1.81. The number of carboxylic acids is 1. The van der Waals surface area contributed by atoms with Crippen molar-refractivity contribution >= 4 is 16.9 Å². The minimum Gasteiger partial charge on any atom is -0.478 e. The van der Waals surface area contributed by atoms with E-state index in [9.17, 15) is 9.90 Å². The van der Waals surface area contributed by atoms with Gasteiger partial charge < -0.3 is 14.8 Å². The Morgan fingerprint density at radius 1 is 1.35 bits per heavy atom. The molecule has 4 heteroatoms. The van der Waals surface area contributed by atoms with Gasteiger partial charge in [-0.1, -0.05) is 13.3 Å². The first-order valence-corrected chi connectivity index (χ1v) is 7.05. The Kier molecular flexibility index (Phi) is 4.45. The molecule has 0 radical (unpaired) electrons. The van der Waals surface area contributed by atoms with Gasteiger partial charge in [0.15, 0.2) is 0 Å². The normalized spacial score (nSPS) is 11.2. The second kappa shape index (κ2) is 6.09. The zero-order valence-electron chi connectivity index (χ0n) is 12.0. The molecule has 0 aliphatic heterocycles. The molecular weight excluding hydrogens is 254 g/mol. The van der Waals surface area contributed by atoms with Crippen LogP contribution in [0.15, 0.2) is 18.3 Å². The largest absolute Gasteiger partial charge is 0.478 e. The fourth-order valence-corrected chi connectivity index (χ4v) is 2.60. The number of benzene rings is 1. The number of aryl methyl sites for hydroxylation is 2. The number of hydrogen-bond donors (Lipinski definition) is 2. The zero-order valence-corrected chi connectivity index (χ0v) is 12.0. The van der Waals surface area contributed by atoms with Crippen LogP contribution >= 0.6 is 0 Å². The minimum atomic E-state index is -0.888. The van der Waals surface area contributed by atoms with Gasteiger partial charge in [-0.05, 0) is 43.0 Å². The number of carboxylic acid groups (broad SMARTS) is 1. The van der Waals surface area contributed by atoms with E-state index in [2.05, 4.69) is 6.92 Å². The number of aromatic nitrogens is 1. The van der Waals surface area contributed by atoms with E-state index in [-0.39, 0.29) is 6.61 Å². The maximum atomic E-state index is 11.3. The summed E-state index contributed by atoms with van der Waals surface area (Å²) >= 11 is 0. The Labute approximate surface area is 118 Å². The second-order valence-corrected chi connectivity index (χ2v) is 5.16. The molecule has 0 atom stereocenters. The van der Waals surface area contributed by atoms with Crippen molar-refractivity contribution in [2.24, 2.45) is 0 Å². The van der Waals surface area contributed by atoms with Crippen molar-refractivity contribution in [1.29, 1.82) is 0 Å². The topological polar surface area (TPSA) is 62.5 Å². The van der Waals surface area contributed by atoms with E-state index in [4.69, 9.17) is 5.11 Å². The minimum absolute atomic E-state index is 0.0801. The molecule has 0 saturated carbocycles. The predicted octanol–water partition coefficient (Wildman–Crippen LogP) is 2.98. The van der Waals surface area contributed by atoms with Crippen LogP contribution in [-0.2, 0) is 13.0 Å². The molecule has 1 aromatic heterocycles. The number of hydrogen-bond acceptors (Lipinski definition) is 2. The van der Waals surface area contributed by atoms with Gasteiger partial charge in [0, 0.05) is 23.6 Å². The quantitative estimate of drug-likeness (QED) is 0.852. The Morgan fingerprint density at radius 3 is 2.70 bits per heavy atom. The lowest BCUT2D eigenvalue weighted by atomic mass is 10.0. The molecule has 0 unspecified atom stereocenters. The second-order valence-electron chi connectivity index (χ2n) is 5.16. The molecule has 20 heavy (non-hydrogen) atoms. The molecule has 0 spiro atoms. The van der Waals surface area contributed by atoms with Gasteiger partial charge in [-0.15, -0.1) is 0 Å². The van der Waals surface area contributed by atoms with Gasteiger partial charge in [-0.3, -0.25) is 0 Å². The first-order valence-electron chi connectivity index (χ1n) is 7.05. The van der Waals surface area contributed by atoms with Gasteiger partial charge in [-0.2, -0.15) is 0 Å². The lowest BCUT2D eigenvalue weighted by Crippen LogP contribution is -2.02. The summed E-state index contributed by atoms with van der Waals surface area (Å²) in [7, 11) is 0. The molecule has 4 nitrogen and oxygen atoms in total. The van der Waals surface area contributed by atoms with E-state index in [0.29, 0.717) is 12.1 Å². The predicted molar refractivity (Wildman–Crippen MR) is 79.3 cm³/mol. The summed E-state index contributed by atoms with van der Waals surface area (Å²) in [6.45, 7) is 4.57. The van der Waals surface area contributed by atoms with E-state index >= 15 is 0 Å². The first-order chi connectivity index (χ1) is 9.58. The first kappa shape index (κ1) is 14.6. The van der Waals surface area contributed by atoms with E-state index in [1.54, 1.807) is 6.07 Å². The molecule has 2 rings (SSSR count). The third-order valence-electron chi connectivity index (χ3n) is 3.68. The fourth-order valence-electron chi connectivity index (χ4n) is 2.60. The monoisotopic (exact) mass is 275 g/mol. The van der Waals surface area contributed by atoms with Crippen LogP contribution in [0, 0.1) is 6.92 Å². The Morgan fingerprint density at radius 2 is 2.10 bits per heavy atom. The highest BCUT2D eigenvalue weighted by atomic mass is 16.4. The van der Waals surface area contributed by atoms with Gasteiger partial charge in [0.25, 0.3) is 0 Å². The van der Waals surface area contributed by atoms with Crippen molar-refractivity contribution < 1.29 is 15.0 Å². The van der Waals surface area contributed by atoms with Crippen LogP contribution in [0.25, 0.3) is 10.9 Å². The van der Waals surface area contributed by atoms with E-state index in [1.807, 2.05) is 23.8 Å². The van der Waals surface area contributed by atoms with Crippen molar-refractivity contribution in [2.45, 2.75) is 39.7 Å². The van der Waals surface area contributed by atoms with Crippen molar-refractivity contribution in [2.75, 3.05) is 6.61 Å². The lowest BCUT2D eigenvalue weighted by Gasteiger charge is -2.05. The van der Waals surface area contributed by atoms with Crippen LogP contribution < -0.4 is 0 Å². The molecule has 0 saturated heterocycles. The molecular formula is C16H21NO3. The van der Waals surface area contributed by atoms with Gasteiger partial charge in [0.2, 0.25) is 0 Å².